The molecular formula is C11H17NO2S. The zero-order chi connectivity index (χ0) is 11.4. The Kier molecular flexibility index (Phi) is 4.29. The Morgan fingerprint density at radius 3 is 2.33 bits per heavy atom. The monoisotopic (exact) mass is 227 g/mol. The minimum absolute atomic E-state index is 0.0193. The molecule has 0 aliphatic heterocycles. The maximum Gasteiger partial charge on any atom is 0.128 e. The Bertz CT molecular complexity index is 328. The fourth-order valence-electron chi connectivity index (χ4n) is 1.31. The predicted molar refractivity (Wildman–Crippen MR) is 65.0 cm³/mol. The van der Waals surface area contributed by atoms with Gasteiger partial charge in [-0.1, -0.05) is 0 Å². The number of rotatable bonds is 4. The van der Waals surface area contributed by atoms with Crippen LogP contribution in [-0.4, -0.2) is 33.2 Å². The molecule has 0 saturated heterocycles. The topological polar surface area (TPSA) is 21.7 Å². The van der Waals surface area contributed by atoms with Crippen molar-refractivity contribution in [1.82, 2.24) is 4.90 Å². The summed E-state index contributed by atoms with van der Waals surface area (Å²) in [5.41, 5.74) is 1.03. The largest absolute Gasteiger partial charge is 0.497 e. The first-order valence-corrected chi connectivity index (χ1v) is 5.18. The molecule has 84 valence electrons. The average Bonchev–Trinajstić information content (AvgIpc) is 2.27. The van der Waals surface area contributed by atoms with E-state index in [1.807, 2.05) is 37.2 Å². The van der Waals surface area contributed by atoms with Gasteiger partial charge in [-0.15, -0.1) is 0 Å². The molecule has 1 rings (SSSR count). The van der Waals surface area contributed by atoms with Crippen molar-refractivity contribution in [3.8, 4) is 11.5 Å². The van der Waals surface area contributed by atoms with Crippen LogP contribution in [0, 0.1) is 0 Å². The van der Waals surface area contributed by atoms with Crippen LogP contribution in [0.1, 0.15) is 10.9 Å². The smallest absolute Gasteiger partial charge is 0.128 e. The summed E-state index contributed by atoms with van der Waals surface area (Å²) in [4.78, 5) is 2.01. The lowest BCUT2D eigenvalue weighted by Crippen LogP contribution is -2.15. The molecular weight excluding hydrogens is 210 g/mol. The number of methoxy groups -OCH3 is 2. The highest BCUT2D eigenvalue weighted by molar-refractivity contribution is 7.80. The molecule has 3 nitrogen and oxygen atoms in total. The van der Waals surface area contributed by atoms with Gasteiger partial charge >= 0.3 is 0 Å². The molecule has 0 bridgehead atoms. The van der Waals surface area contributed by atoms with E-state index in [0.717, 1.165) is 17.1 Å². The molecule has 0 aromatic heterocycles. The van der Waals surface area contributed by atoms with Gasteiger partial charge in [0.05, 0.1) is 19.6 Å². The van der Waals surface area contributed by atoms with Crippen LogP contribution in [-0.2, 0) is 0 Å². The van der Waals surface area contributed by atoms with Crippen molar-refractivity contribution >= 4 is 12.6 Å². The summed E-state index contributed by atoms with van der Waals surface area (Å²) in [6.45, 7) is 0. The van der Waals surface area contributed by atoms with Gasteiger partial charge in [-0.2, -0.15) is 12.6 Å². The molecule has 0 aliphatic carbocycles. The Morgan fingerprint density at radius 2 is 1.87 bits per heavy atom. The SMILES string of the molecule is COc1ccc(C(S)N(C)C)c(OC)c1. The average molecular weight is 227 g/mol. The molecule has 0 radical (unpaired) electrons. The third kappa shape index (κ3) is 2.79. The maximum absolute atomic E-state index is 5.30. The second-order valence-corrected chi connectivity index (χ2v) is 3.93. The summed E-state index contributed by atoms with van der Waals surface area (Å²) in [5, 5.41) is 0.0193. The molecule has 0 amide bonds. The quantitative estimate of drug-likeness (QED) is 0.629. The third-order valence-corrected chi connectivity index (χ3v) is 2.95. The molecule has 0 aliphatic rings. The van der Waals surface area contributed by atoms with Crippen LogP contribution < -0.4 is 9.47 Å². The summed E-state index contributed by atoms with van der Waals surface area (Å²) >= 11 is 4.51. The molecule has 1 aromatic rings. The minimum Gasteiger partial charge on any atom is -0.497 e. The first kappa shape index (κ1) is 12.2. The van der Waals surface area contributed by atoms with Crippen molar-refractivity contribution in [2.24, 2.45) is 0 Å². The number of hydrogen-bond donors (Lipinski definition) is 1. The molecule has 0 N–H and O–H groups in total. The third-order valence-electron chi connectivity index (χ3n) is 2.21. The lowest BCUT2D eigenvalue weighted by Gasteiger charge is -2.21. The second-order valence-electron chi connectivity index (χ2n) is 3.45. The molecule has 1 aromatic carbocycles. The Labute approximate surface area is 96.4 Å². The van der Waals surface area contributed by atoms with Crippen LogP contribution in [0.3, 0.4) is 0 Å². The van der Waals surface area contributed by atoms with Gasteiger partial charge in [0.25, 0.3) is 0 Å². The van der Waals surface area contributed by atoms with Crippen LogP contribution in [0.4, 0.5) is 0 Å². The van der Waals surface area contributed by atoms with E-state index >= 15 is 0 Å². The molecule has 15 heavy (non-hydrogen) atoms. The molecule has 0 fully saturated rings. The van der Waals surface area contributed by atoms with Gasteiger partial charge in [0.15, 0.2) is 0 Å². The van der Waals surface area contributed by atoms with E-state index in [2.05, 4.69) is 12.6 Å². The molecule has 0 heterocycles. The highest BCUT2D eigenvalue weighted by Crippen LogP contribution is 2.33. The van der Waals surface area contributed by atoms with E-state index in [-0.39, 0.29) is 5.37 Å². The zero-order valence-corrected chi connectivity index (χ0v) is 10.4. The van der Waals surface area contributed by atoms with Crippen molar-refractivity contribution in [2.45, 2.75) is 5.37 Å². The van der Waals surface area contributed by atoms with Gasteiger partial charge in [0.1, 0.15) is 11.5 Å². The van der Waals surface area contributed by atoms with E-state index in [9.17, 15) is 0 Å². The van der Waals surface area contributed by atoms with E-state index in [1.54, 1.807) is 14.2 Å². The number of benzene rings is 1. The molecule has 1 unspecified atom stereocenters. The van der Waals surface area contributed by atoms with E-state index in [4.69, 9.17) is 9.47 Å². The first-order valence-electron chi connectivity index (χ1n) is 4.66. The van der Waals surface area contributed by atoms with Gasteiger partial charge in [0.2, 0.25) is 0 Å². The fourth-order valence-corrected chi connectivity index (χ4v) is 1.52. The van der Waals surface area contributed by atoms with Gasteiger partial charge in [-0.25, -0.2) is 0 Å². The summed E-state index contributed by atoms with van der Waals surface area (Å²) in [6, 6.07) is 5.74. The Morgan fingerprint density at radius 1 is 1.20 bits per heavy atom. The van der Waals surface area contributed by atoms with Crippen LogP contribution in [0.25, 0.3) is 0 Å². The first-order chi connectivity index (χ1) is 7.10. The number of ether oxygens (including phenoxy) is 2. The van der Waals surface area contributed by atoms with E-state index in [1.165, 1.54) is 0 Å². The lowest BCUT2D eigenvalue weighted by atomic mass is 10.2. The lowest BCUT2D eigenvalue weighted by molar-refractivity contribution is 0.361. The highest BCUT2D eigenvalue weighted by Gasteiger charge is 2.14. The van der Waals surface area contributed by atoms with Crippen molar-refractivity contribution in [3.63, 3.8) is 0 Å². The standard InChI is InChI=1S/C11H17NO2S/c1-12(2)11(15)9-6-5-8(13-3)7-10(9)14-4/h5-7,11,15H,1-4H3. The van der Waals surface area contributed by atoms with Gasteiger partial charge in [0, 0.05) is 11.6 Å². The zero-order valence-electron chi connectivity index (χ0n) is 9.52. The van der Waals surface area contributed by atoms with Gasteiger partial charge in [-0.05, 0) is 26.2 Å². The Balaban J connectivity index is 3.07. The number of hydrogen-bond acceptors (Lipinski definition) is 4. The molecule has 0 saturated carbocycles. The van der Waals surface area contributed by atoms with Crippen molar-refractivity contribution in [3.05, 3.63) is 23.8 Å². The van der Waals surface area contributed by atoms with Crippen molar-refractivity contribution in [1.29, 1.82) is 0 Å². The number of thiol groups is 1. The van der Waals surface area contributed by atoms with Crippen LogP contribution in [0.15, 0.2) is 18.2 Å². The van der Waals surface area contributed by atoms with Crippen LogP contribution >= 0.6 is 12.6 Å². The summed E-state index contributed by atoms with van der Waals surface area (Å²) in [7, 11) is 7.23. The van der Waals surface area contributed by atoms with Gasteiger partial charge in [-0.3, -0.25) is 4.90 Å². The van der Waals surface area contributed by atoms with Crippen LogP contribution in [0.2, 0.25) is 0 Å². The minimum atomic E-state index is 0.0193. The number of nitrogens with zero attached hydrogens (tertiary/aromatic N) is 1. The molecule has 4 heteroatoms. The van der Waals surface area contributed by atoms with Crippen molar-refractivity contribution in [2.75, 3.05) is 28.3 Å². The molecule has 0 spiro atoms. The fraction of sp³-hybridized carbons (Fsp3) is 0.455. The summed E-state index contributed by atoms with van der Waals surface area (Å²) in [6.07, 6.45) is 0. The van der Waals surface area contributed by atoms with Crippen LogP contribution in [0.5, 0.6) is 11.5 Å². The normalized spacial score (nSPS) is 12.7. The highest BCUT2D eigenvalue weighted by atomic mass is 32.1. The van der Waals surface area contributed by atoms with Gasteiger partial charge < -0.3 is 9.47 Å². The van der Waals surface area contributed by atoms with Crippen molar-refractivity contribution < 1.29 is 9.47 Å². The second kappa shape index (κ2) is 5.28. The van der Waals surface area contributed by atoms with E-state index in [0.29, 0.717) is 0 Å². The summed E-state index contributed by atoms with van der Waals surface area (Å²) in [5.74, 6) is 1.58. The Hall–Kier alpha value is -0.870. The maximum atomic E-state index is 5.30. The van der Waals surface area contributed by atoms with E-state index < -0.39 is 0 Å². The predicted octanol–water partition coefficient (Wildman–Crippen LogP) is 2.19. The summed E-state index contributed by atoms with van der Waals surface area (Å²) < 4.78 is 10.4. The molecule has 1 atom stereocenters.